The highest BCUT2D eigenvalue weighted by molar-refractivity contribution is 7.47. The normalized spacial score (nSPS) is 14.6. The molecule has 0 aliphatic carbocycles. The minimum Gasteiger partial charge on any atom is -0.463 e. The van der Waals surface area contributed by atoms with Crippen LogP contribution in [-0.4, -0.2) is 95.9 Å². The maximum absolute atomic E-state index is 13.0. The number of aliphatic hydroxyl groups excluding tert-OH is 2. The molecule has 109 heavy (non-hydrogen) atoms. The van der Waals surface area contributed by atoms with Crippen LogP contribution in [0.1, 0.15) is 355 Å². The van der Waals surface area contributed by atoms with Crippen LogP contribution < -0.4 is 0 Å². The maximum Gasteiger partial charge on any atom is 0.472 e. The van der Waals surface area contributed by atoms with Gasteiger partial charge in [-0.25, -0.2) is 9.13 Å². The van der Waals surface area contributed by atoms with Gasteiger partial charge in [0.1, 0.15) is 25.4 Å². The van der Waals surface area contributed by atoms with Crippen molar-refractivity contribution in [3.8, 4) is 0 Å². The van der Waals surface area contributed by atoms with Gasteiger partial charge >= 0.3 is 33.6 Å². The van der Waals surface area contributed by atoms with E-state index in [4.69, 9.17) is 32.3 Å². The van der Waals surface area contributed by atoms with Crippen LogP contribution in [0.4, 0.5) is 0 Å². The summed E-state index contributed by atoms with van der Waals surface area (Å²) in [6.07, 6.45) is 103. The minimum absolute atomic E-state index is 0.0887. The standard InChI is InChI=1S/C91H156O16P2/c1-4-7-10-13-16-19-22-25-27-29-31-33-35-37-38-39-40-41-42-43-44-45-46-48-50-51-53-55-57-60-62-65-68-71-74-77-89(94)101-80-86(92)81-103-108(97,98)104-82-87(93)83-105-109(99,100)106-85-88(107-91(96)79-76-73-70-67-64-59-24-21-18-15-12-9-6-3)84-102-90(95)78-75-72-69-66-63-61-58-56-54-52-49-47-36-34-32-30-28-26-23-20-17-14-11-8-5-2/h7-8,10-11,16-17,19-21,24-28,31-34,37-38,47,49,54,56,86-88,92-93H,4-6,9,12-15,18,22-23,29-30,35-36,39-46,48,50-53,55,57-85H2,1-3H3,(H,97,98)(H,99,100)/b10-7-,11-8-,19-16-,20-17-,24-21-,27-25-,28-26-,33-31-,34-32-,38-37-,49-47-,56-54-. The van der Waals surface area contributed by atoms with E-state index >= 15 is 0 Å². The van der Waals surface area contributed by atoms with E-state index in [1.807, 2.05) is 0 Å². The van der Waals surface area contributed by atoms with Crippen molar-refractivity contribution in [1.82, 2.24) is 0 Å². The van der Waals surface area contributed by atoms with Gasteiger partial charge in [-0.1, -0.05) is 340 Å². The van der Waals surface area contributed by atoms with Crippen LogP contribution in [0, 0.1) is 0 Å². The Labute approximate surface area is 664 Å². The second kappa shape index (κ2) is 82.9. The molecule has 18 heteroatoms. The van der Waals surface area contributed by atoms with E-state index in [-0.39, 0.29) is 19.3 Å². The summed E-state index contributed by atoms with van der Waals surface area (Å²) in [5, 5.41) is 20.7. The van der Waals surface area contributed by atoms with Gasteiger partial charge < -0.3 is 34.2 Å². The number of aliphatic hydroxyl groups is 2. The van der Waals surface area contributed by atoms with Crippen molar-refractivity contribution in [3.05, 3.63) is 146 Å². The molecule has 0 fully saturated rings. The maximum atomic E-state index is 13.0. The van der Waals surface area contributed by atoms with Gasteiger partial charge in [0.25, 0.3) is 0 Å². The molecule has 5 atom stereocenters. The van der Waals surface area contributed by atoms with Gasteiger partial charge in [-0.05, 0) is 141 Å². The summed E-state index contributed by atoms with van der Waals surface area (Å²) in [4.78, 5) is 58.7. The van der Waals surface area contributed by atoms with E-state index in [0.29, 0.717) is 19.3 Å². The van der Waals surface area contributed by atoms with Gasteiger partial charge in [-0.3, -0.25) is 32.5 Å². The molecule has 0 aliphatic rings. The fourth-order valence-electron chi connectivity index (χ4n) is 11.5. The number of phosphoric ester groups is 2. The van der Waals surface area contributed by atoms with E-state index in [1.54, 1.807) is 0 Å². The lowest BCUT2D eigenvalue weighted by atomic mass is 10.0. The van der Waals surface area contributed by atoms with Crippen LogP contribution in [0.5, 0.6) is 0 Å². The molecule has 0 spiro atoms. The molecule has 0 bridgehead atoms. The first-order valence-corrected chi connectivity index (χ1v) is 46.1. The average Bonchev–Trinajstić information content (AvgIpc) is 0.903. The Morgan fingerprint density at radius 3 is 0.780 bits per heavy atom. The number of ether oxygens (including phenoxy) is 3. The molecule has 0 aromatic heterocycles. The SMILES string of the molecule is CC/C=C\C/C=C\C/C=C\C/C=C\C/C=C\C/C=C\CCCCCCCCC(=O)OCC(COP(=O)(O)OCC(O)COP(=O)(O)OCC(O)COC(=O)CCCCCCCCCCCCCCCCCCCCC/C=C\C/C=C\C/C=C\C/C=C\C/C=C\CC)OC(=O)CCCCCCC/C=C\CCCCCC. The van der Waals surface area contributed by atoms with Crippen LogP contribution in [-0.2, 0) is 55.8 Å². The van der Waals surface area contributed by atoms with Crippen LogP contribution >= 0.6 is 15.6 Å². The van der Waals surface area contributed by atoms with Crippen LogP contribution in [0.25, 0.3) is 0 Å². The predicted octanol–water partition coefficient (Wildman–Crippen LogP) is 26.0. The number of phosphoric acid groups is 2. The zero-order valence-electron chi connectivity index (χ0n) is 68.7. The number of unbranched alkanes of at least 4 members (excludes halogenated alkanes) is 34. The Balaban J connectivity index is 4.41. The number of rotatable bonds is 81. The number of esters is 3. The number of carbonyl (C=O) groups excluding carboxylic acids is 3. The summed E-state index contributed by atoms with van der Waals surface area (Å²) < 4.78 is 61.2. The fourth-order valence-corrected chi connectivity index (χ4v) is 13.1. The molecule has 16 nitrogen and oxygen atoms in total. The quantitative estimate of drug-likeness (QED) is 0.0146. The summed E-state index contributed by atoms with van der Waals surface area (Å²) >= 11 is 0. The van der Waals surface area contributed by atoms with Crippen molar-refractivity contribution in [2.45, 2.75) is 373 Å². The third-order valence-electron chi connectivity index (χ3n) is 18.0. The van der Waals surface area contributed by atoms with E-state index < -0.39 is 91.5 Å². The predicted molar refractivity (Wildman–Crippen MR) is 454 cm³/mol. The van der Waals surface area contributed by atoms with Crippen molar-refractivity contribution in [2.24, 2.45) is 0 Å². The molecule has 0 aliphatic heterocycles. The molecule has 0 rings (SSSR count). The molecule has 5 unspecified atom stereocenters. The topological polar surface area (TPSA) is 231 Å². The fraction of sp³-hybridized carbons (Fsp3) is 0.703. The minimum atomic E-state index is -4.94. The molecule has 0 aromatic carbocycles. The van der Waals surface area contributed by atoms with Crippen molar-refractivity contribution in [1.29, 1.82) is 0 Å². The second-order valence-electron chi connectivity index (χ2n) is 28.6. The Morgan fingerprint density at radius 1 is 0.266 bits per heavy atom. The number of hydrogen-bond acceptors (Lipinski definition) is 14. The van der Waals surface area contributed by atoms with Gasteiger partial charge in [0.15, 0.2) is 6.10 Å². The van der Waals surface area contributed by atoms with Crippen molar-refractivity contribution >= 4 is 33.6 Å². The molecule has 0 amide bonds. The van der Waals surface area contributed by atoms with Crippen LogP contribution in [0.2, 0.25) is 0 Å². The second-order valence-corrected chi connectivity index (χ2v) is 31.5. The summed E-state index contributed by atoms with van der Waals surface area (Å²) in [6, 6.07) is 0. The van der Waals surface area contributed by atoms with Crippen molar-refractivity contribution in [3.63, 3.8) is 0 Å². The summed E-state index contributed by atoms with van der Waals surface area (Å²) in [6.45, 7) is 2.44. The molecule has 0 heterocycles. The Bertz CT molecular complexity index is 2560. The van der Waals surface area contributed by atoms with E-state index in [9.17, 15) is 43.5 Å². The lowest BCUT2D eigenvalue weighted by Crippen LogP contribution is -2.30. The molecule has 0 aromatic rings. The van der Waals surface area contributed by atoms with Gasteiger partial charge in [-0.2, -0.15) is 0 Å². The lowest BCUT2D eigenvalue weighted by molar-refractivity contribution is -0.161. The zero-order valence-corrected chi connectivity index (χ0v) is 70.5. The van der Waals surface area contributed by atoms with Gasteiger partial charge in [0, 0.05) is 19.3 Å². The Hall–Kier alpha value is -4.57. The Kier molecular flexibility index (Phi) is 79.4. The molecule has 4 N–H and O–H groups in total. The molecule has 0 saturated heterocycles. The van der Waals surface area contributed by atoms with E-state index in [1.165, 1.54) is 128 Å². The number of carbonyl (C=O) groups is 3. The van der Waals surface area contributed by atoms with Gasteiger partial charge in [0.05, 0.1) is 26.4 Å². The zero-order chi connectivity index (χ0) is 79.4. The third-order valence-corrected chi connectivity index (χ3v) is 19.9. The highest BCUT2D eigenvalue weighted by atomic mass is 31.2. The first-order chi connectivity index (χ1) is 53.2. The molecule has 626 valence electrons. The highest BCUT2D eigenvalue weighted by Gasteiger charge is 2.29. The molecule has 0 radical (unpaired) electrons. The van der Waals surface area contributed by atoms with Crippen molar-refractivity contribution in [2.75, 3.05) is 39.6 Å². The largest absolute Gasteiger partial charge is 0.472 e. The van der Waals surface area contributed by atoms with Gasteiger partial charge in [0.2, 0.25) is 0 Å². The van der Waals surface area contributed by atoms with E-state index in [2.05, 4.69) is 167 Å². The monoisotopic (exact) mass is 1570 g/mol. The van der Waals surface area contributed by atoms with E-state index in [0.717, 1.165) is 167 Å². The average molecular weight is 1570 g/mol. The lowest BCUT2D eigenvalue weighted by Gasteiger charge is -2.21. The molecular weight excluding hydrogens is 1410 g/mol. The molecular formula is C91H156O16P2. The van der Waals surface area contributed by atoms with Crippen molar-refractivity contribution < 1.29 is 75.8 Å². The van der Waals surface area contributed by atoms with Crippen LogP contribution in [0.3, 0.4) is 0 Å². The summed E-state index contributed by atoms with van der Waals surface area (Å²) in [7, 11) is -9.80. The molecule has 0 saturated carbocycles. The summed E-state index contributed by atoms with van der Waals surface area (Å²) in [5.41, 5.74) is 0. The first kappa shape index (κ1) is 104. The number of hydrogen-bond donors (Lipinski definition) is 4. The first-order valence-electron chi connectivity index (χ1n) is 43.1. The number of allylic oxidation sites excluding steroid dienone is 24. The smallest absolute Gasteiger partial charge is 0.463 e. The highest BCUT2D eigenvalue weighted by Crippen LogP contribution is 2.45. The third kappa shape index (κ3) is 84.2. The Morgan fingerprint density at radius 2 is 0.486 bits per heavy atom. The van der Waals surface area contributed by atoms with Gasteiger partial charge in [-0.15, -0.1) is 0 Å². The summed E-state index contributed by atoms with van der Waals surface area (Å²) in [5.74, 6) is -1.59. The van der Waals surface area contributed by atoms with Crippen LogP contribution in [0.15, 0.2) is 146 Å².